The predicted molar refractivity (Wildman–Crippen MR) is 43.4 cm³/mol. The molecule has 0 spiro atoms. The smallest absolute Gasteiger partial charge is 0.341 e. The van der Waals surface area contributed by atoms with E-state index in [0.717, 1.165) is 0 Å². The molecule has 0 bridgehead atoms. The maximum absolute atomic E-state index is 11.0. The number of hydrogen-bond acceptors (Lipinski definition) is 4. The molecule has 1 rings (SSSR count). The molecule has 12 heavy (non-hydrogen) atoms. The first-order valence-electron chi connectivity index (χ1n) is 2.92. The highest BCUT2D eigenvalue weighted by molar-refractivity contribution is 6.33. The maximum atomic E-state index is 11.0. The molecule has 1 aromatic rings. The van der Waals surface area contributed by atoms with Gasteiger partial charge in [-0.25, -0.2) is 4.79 Å². The minimum Gasteiger partial charge on any atom is -0.465 e. The van der Waals surface area contributed by atoms with E-state index in [2.05, 4.69) is 14.9 Å². The van der Waals surface area contributed by atoms with Gasteiger partial charge in [-0.3, -0.25) is 0 Å². The van der Waals surface area contributed by atoms with Gasteiger partial charge in [0.1, 0.15) is 5.56 Å². The van der Waals surface area contributed by atoms with Crippen LogP contribution < -0.4 is 0 Å². The van der Waals surface area contributed by atoms with E-state index < -0.39 is 5.97 Å². The minimum atomic E-state index is -0.586. The summed E-state index contributed by atoms with van der Waals surface area (Å²) in [6.45, 7) is 0. The average molecular weight is 207 g/mol. The summed E-state index contributed by atoms with van der Waals surface area (Å²) in [5, 5.41) is 6.94. The zero-order valence-electron chi connectivity index (χ0n) is 6.04. The fraction of sp³-hybridized carbons (Fsp3) is 0.167. The van der Waals surface area contributed by atoms with E-state index in [1.165, 1.54) is 13.2 Å². The van der Waals surface area contributed by atoms with Crippen LogP contribution in [0, 0.1) is 0 Å². The molecule has 0 aliphatic carbocycles. The molecule has 0 fully saturated rings. The van der Waals surface area contributed by atoms with E-state index in [1.54, 1.807) is 0 Å². The summed E-state index contributed by atoms with van der Waals surface area (Å²) in [4.78, 5) is 11.0. The zero-order valence-corrected chi connectivity index (χ0v) is 7.56. The Balaban J connectivity index is 3.13. The molecule has 1 heterocycles. The molecule has 0 atom stereocenters. The molecule has 0 saturated heterocycles. The average Bonchev–Trinajstić information content (AvgIpc) is 2.08. The van der Waals surface area contributed by atoms with Crippen LogP contribution in [0.3, 0.4) is 0 Å². The first-order chi connectivity index (χ1) is 5.65. The molecule has 0 amide bonds. The van der Waals surface area contributed by atoms with E-state index in [4.69, 9.17) is 23.2 Å². The van der Waals surface area contributed by atoms with Crippen LogP contribution in [0.4, 0.5) is 0 Å². The van der Waals surface area contributed by atoms with Gasteiger partial charge in [-0.15, -0.1) is 10.2 Å². The van der Waals surface area contributed by atoms with Crippen LogP contribution in [0.2, 0.25) is 10.3 Å². The number of carbonyl (C=O) groups excluding carboxylic acids is 1. The van der Waals surface area contributed by atoms with E-state index in [1.807, 2.05) is 0 Å². The third-order valence-corrected chi connectivity index (χ3v) is 1.59. The lowest BCUT2D eigenvalue weighted by atomic mass is 10.3. The molecule has 0 aromatic carbocycles. The number of rotatable bonds is 1. The highest BCUT2D eigenvalue weighted by Gasteiger charge is 2.12. The largest absolute Gasteiger partial charge is 0.465 e. The second kappa shape index (κ2) is 3.69. The minimum absolute atomic E-state index is 0.0220. The van der Waals surface area contributed by atoms with Gasteiger partial charge in [-0.05, 0) is 6.07 Å². The van der Waals surface area contributed by atoms with E-state index in [-0.39, 0.29) is 15.9 Å². The third kappa shape index (κ3) is 1.84. The first kappa shape index (κ1) is 9.22. The highest BCUT2D eigenvalue weighted by Crippen LogP contribution is 2.15. The fourth-order valence-corrected chi connectivity index (χ4v) is 0.923. The lowest BCUT2D eigenvalue weighted by Gasteiger charge is -1.99. The molecule has 6 heteroatoms. The number of carbonyl (C=O) groups is 1. The zero-order chi connectivity index (χ0) is 9.14. The maximum Gasteiger partial charge on any atom is 0.341 e. The van der Waals surface area contributed by atoms with Gasteiger partial charge >= 0.3 is 5.97 Å². The van der Waals surface area contributed by atoms with Crippen LogP contribution in [0.25, 0.3) is 0 Å². The van der Waals surface area contributed by atoms with Crippen molar-refractivity contribution in [1.82, 2.24) is 10.2 Å². The van der Waals surface area contributed by atoms with Crippen molar-refractivity contribution < 1.29 is 9.53 Å². The Morgan fingerprint density at radius 1 is 1.50 bits per heavy atom. The number of aromatic nitrogens is 2. The lowest BCUT2D eigenvalue weighted by Crippen LogP contribution is -2.04. The number of hydrogen-bond donors (Lipinski definition) is 0. The molecular weight excluding hydrogens is 203 g/mol. The predicted octanol–water partition coefficient (Wildman–Crippen LogP) is 1.57. The molecule has 0 N–H and O–H groups in total. The second-order valence-corrected chi connectivity index (χ2v) is 2.61. The normalized spacial score (nSPS) is 9.58. The van der Waals surface area contributed by atoms with Gasteiger partial charge in [-0.1, -0.05) is 23.2 Å². The van der Waals surface area contributed by atoms with Crippen LogP contribution in [-0.4, -0.2) is 23.3 Å². The standard InChI is InChI=1S/C6H4Cl2N2O2/c1-12-6(11)3-2-4(7)9-10-5(3)8/h2H,1H3. The number of nitrogens with zero attached hydrogens (tertiary/aromatic N) is 2. The molecule has 0 unspecified atom stereocenters. The van der Waals surface area contributed by atoms with E-state index in [0.29, 0.717) is 0 Å². The fourth-order valence-electron chi connectivity index (χ4n) is 0.606. The third-order valence-electron chi connectivity index (χ3n) is 1.12. The summed E-state index contributed by atoms with van der Waals surface area (Å²) >= 11 is 11.0. The van der Waals surface area contributed by atoms with E-state index >= 15 is 0 Å². The van der Waals surface area contributed by atoms with Crippen LogP contribution in [0.15, 0.2) is 6.07 Å². The van der Waals surface area contributed by atoms with Crippen LogP contribution >= 0.6 is 23.2 Å². The molecule has 64 valence electrons. The molecule has 4 nitrogen and oxygen atoms in total. The van der Waals surface area contributed by atoms with Crippen molar-refractivity contribution in [2.24, 2.45) is 0 Å². The summed E-state index contributed by atoms with van der Waals surface area (Å²) in [5.41, 5.74) is 0.110. The Bertz CT molecular complexity index is 316. The number of ether oxygens (including phenoxy) is 1. The first-order valence-corrected chi connectivity index (χ1v) is 3.67. The van der Waals surface area contributed by atoms with Gasteiger partial charge in [0.15, 0.2) is 10.3 Å². The highest BCUT2D eigenvalue weighted by atomic mass is 35.5. The Morgan fingerprint density at radius 2 is 2.17 bits per heavy atom. The Kier molecular flexibility index (Phi) is 2.83. The number of halogens is 2. The van der Waals surface area contributed by atoms with Crippen molar-refractivity contribution in [1.29, 1.82) is 0 Å². The molecule has 0 aliphatic heterocycles. The topological polar surface area (TPSA) is 52.1 Å². The summed E-state index contributed by atoms with van der Waals surface area (Å²) in [7, 11) is 1.24. The Hall–Kier alpha value is -0.870. The summed E-state index contributed by atoms with van der Waals surface area (Å²) in [5.74, 6) is -0.586. The van der Waals surface area contributed by atoms with Gasteiger partial charge in [0.05, 0.1) is 7.11 Å². The van der Waals surface area contributed by atoms with Crippen molar-refractivity contribution in [3.05, 3.63) is 21.9 Å². The van der Waals surface area contributed by atoms with Gasteiger partial charge in [0.25, 0.3) is 0 Å². The van der Waals surface area contributed by atoms with Crippen LogP contribution in [0.5, 0.6) is 0 Å². The Labute approximate surface area is 78.5 Å². The van der Waals surface area contributed by atoms with Gasteiger partial charge in [0, 0.05) is 0 Å². The van der Waals surface area contributed by atoms with Crippen LogP contribution in [0.1, 0.15) is 10.4 Å². The number of methoxy groups -OCH3 is 1. The molecule has 0 aliphatic rings. The summed E-state index contributed by atoms with van der Waals surface area (Å²) in [6, 6.07) is 1.29. The van der Waals surface area contributed by atoms with Crippen molar-refractivity contribution in [3.8, 4) is 0 Å². The quantitative estimate of drug-likeness (QED) is 0.655. The number of esters is 1. The van der Waals surface area contributed by atoms with Crippen molar-refractivity contribution in [2.75, 3.05) is 7.11 Å². The molecule has 1 aromatic heterocycles. The Morgan fingerprint density at radius 3 is 2.75 bits per heavy atom. The van der Waals surface area contributed by atoms with Crippen LogP contribution in [-0.2, 0) is 4.74 Å². The van der Waals surface area contributed by atoms with Gasteiger partial charge in [-0.2, -0.15) is 0 Å². The molecular formula is C6H4Cl2N2O2. The second-order valence-electron chi connectivity index (χ2n) is 1.86. The molecule has 0 radical (unpaired) electrons. The van der Waals surface area contributed by atoms with Gasteiger partial charge < -0.3 is 4.74 Å². The summed E-state index contributed by atoms with van der Waals surface area (Å²) in [6.07, 6.45) is 0. The van der Waals surface area contributed by atoms with Crippen molar-refractivity contribution >= 4 is 29.2 Å². The lowest BCUT2D eigenvalue weighted by molar-refractivity contribution is 0.0600. The summed E-state index contributed by atoms with van der Waals surface area (Å²) < 4.78 is 4.42. The van der Waals surface area contributed by atoms with Crippen molar-refractivity contribution in [2.45, 2.75) is 0 Å². The molecule has 0 saturated carbocycles. The monoisotopic (exact) mass is 206 g/mol. The van der Waals surface area contributed by atoms with Gasteiger partial charge in [0.2, 0.25) is 0 Å². The van der Waals surface area contributed by atoms with E-state index in [9.17, 15) is 4.79 Å². The SMILES string of the molecule is COC(=O)c1cc(Cl)nnc1Cl. The van der Waals surface area contributed by atoms with Crippen molar-refractivity contribution in [3.63, 3.8) is 0 Å².